The van der Waals surface area contributed by atoms with Crippen LogP contribution in [0.3, 0.4) is 0 Å². The number of likely N-dealkylation sites (tertiary alicyclic amines) is 1. The van der Waals surface area contributed by atoms with Crippen molar-refractivity contribution in [2.24, 2.45) is 22.4 Å². The molecule has 2 fully saturated rings. The molecule has 6 heteroatoms. The Bertz CT molecular complexity index is 671. The molecule has 1 aromatic rings. The van der Waals surface area contributed by atoms with Crippen LogP contribution in [-0.4, -0.2) is 41.8 Å². The van der Waals surface area contributed by atoms with Gasteiger partial charge < -0.3 is 16.8 Å². The van der Waals surface area contributed by atoms with Gasteiger partial charge in [0, 0.05) is 31.4 Å². The summed E-state index contributed by atoms with van der Waals surface area (Å²) in [6, 6.07) is 10.4. The van der Waals surface area contributed by atoms with Gasteiger partial charge in [-0.3, -0.25) is 9.69 Å². The van der Waals surface area contributed by atoms with Crippen molar-refractivity contribution in [3.05, 3.63) is 42.1 Å². The second-order valence-electron chi connectivity index (χ2n) is 7.49. The third-order valence-electron chi connectivity index (χ3n) is 5.32. The summed E-state index contributed by atoms with van der Waals surface area (Å²) in [6.45, 7) is 4.78. The SMILES string of the molecule is CC1CN(C2CCC(N/C=C(/C(N)=O)C(N)=Nc3ccccc3)CC2)C1. The van der Waals surface area contributed by atoms with E-state index in [4.69, 9.17) is 11.5 Å². The predicted octanol–water partition coefficient (Wildman–Crippen LogP) is 1.90. The minimum absolute atomic E-state index is 0.138. The van der Waals surface area contributed by atoms with E-state index >= 15 is 0 Å². The highest BCUT2D eigenvalue weighted by Crippen LogP contribution is 2.28. The number of carbonyl (C=O) groups excluding carboxylic acids is 1. The number of primary amides is 1. The number of hydrogen-bond acceptors (Lipinski definition) is 4. The first-order valence-corrected chi connectivity index (χ1v) is 9.42. The number of rotatable bonds is 6. The number of benzene rings is 1. The van der Waals surface area contributed by atoms with Crippen LogP contribution < -0.4 is 16.8 Å². The lowest BCUT2D eigenvalue weighted by atomic mass is 9.87. The molecule has 0 radical (unpaired) electrons. The normalized spacial score (nSPS) is 25.6. The number of hydrogen-bond donors (Lipinski definition) is 3. The maximum Gasteiger partial charge on any atom is 0.253 e. The number of carbonyl (C=O) groups is 1. The maximum absolute atomic E-state index is 11.8. The summed E-state index contributed by atoms with van der Waals surface area (Å²) in [5.74, 6) is 0.413. The number of amides is 1. The van der Waals surface area contributed by atoms with E-state index in [-0.39, 0.29) is 11.4 Å². The molecule has 1 heterocycles. The number of para-hydroxylation sites is 1. The average molecular weight is 355 g/mol. The smallest absolute Gasteiger partial charge is 0.253 e. The van der Waals surface area contributed by atoms with Crippen LogP contribution in [0.5, 0.6) is 0 Å². The fourth-order valence-electron chi connectivity index (χ4n) is 3.83. The lowest BCUT2D eigenvalue weighted by Gasteiger charge is -2.45. The highest BCUT2D eigenvalue weighted by Gasteiger charge is 2.32. The maximum atomic E-state index is 11.8. The molecular formula is C20H29N5O. The largest absolute Gasteiger partial charge is 0.387 e. The molecule has 0 unspecified atom stereocenters. The van der Waals surface area contributed by atoms with Gasteiger partial charge in [-0.15, -0.1) is 0 Å². The van der Waals surface area contributed by atoms with Crippen molar-refractivity contribution in [1.29, 1.82) is 0 Å². The zero-order chi connectivity index (χ0) is 18.5. The van der Waals surface area contributed by atoms with Gasteiger partial charge in [0.2, 0.25) is 0 Å². The molecule has 0 spiro atoms. The highest BCUT2D eigenvalue weighted by atomic mass is 16.1. The molecule has 6 nitrogen and oxygen atoms in total. The predicted molar refractivity (Wildman–Crippen MR) is 105 cm³/mol. The zero-order valence-electron chi connectivity index (χ0n) is 15.4. The van der Waals surface area contributed by atoms with E-state index in [0.717, 1.165) is 18.8 Å². The van der Waals surface area contributed by atoms with Gasteiger partial charge in [0.05, 0.1) is 11.3 Å². The Balaban J connectivity index is 1.56. The molecule has 0 aromatic heterocycles. The first kappa shape index (κ1) is 18.5. The molecule has 1 aromatic carbocycles. The number of aliphatic imine (C=N–C) groups is 1. The lowest BCUT2D eigenvalue weighted by molar-refractivity contribution is -0.114. The molecular weight excluding hydrogens is 326 g/mol. The summed E-state index contributed by atoms with van der Waals surface area (Å²) < 4.78 is 0. The second kappa shape index (κ2) is 8.36. The van der Waals surface area contributed by atoms with Crippen LogP contribution >= 0.6 is 0 Å². The van der Waals surface area contributed by atoms with Crippen molar-refractivity contribution in [3.8, 4) is 0 Å². The van der Waals surface area contributed by atoms with Crippen LogP contribution in [0.25, 0.3) is 0 Å². The van der Waals surface area contributed by atoms with E-state index in [2.05, 4.69) is 22.1 Å². The van der Waals surface area contributed by atoms with Crippen LogP contribution in [0.1, 0.15) is 32.6 Å². The Kier molecular flexibility index (Phi) is 5.93. The van der Waals surface area contributed by atoms with E-state index in [1.807, 2.05) is 30.3 Å². The molecule has 3 rings (SSSR count). The summed E-state index contributed by atoms with van der Waals surface area (Å²) in [5, 5.41) is 3.33. The fourth-order valence-corrected chi connectivity index (χ4v) is 3.83. The van der Waals surface area contributed by atoms with E-state index in [1.54, 1.807) is 6.20 Å². The van der Waals surface area contributed by atoms with Crippen molar-refractivity contribution in [3.63, 3.8) is 0 Å². The van der Waals surface area contributed by atoms with Crippen LogP contribution in [0.2, 0.25) is 0 Å². The average Bonchev–Trinajstić information content (AvgIpc) is 2.60. The number of nitrogens with zero attached hydrogens (tertiary/aromatic N) is 2. The van der Waals surface area contributed by atoms with Gasteiger partial charge >= 0.3 is 0 Å². The van der Waals surface area contributed by atoms with E-state index in [0.29, 0.717) is 17.8 Å². The van der Waals surface area contributed by atoms with Gasteiger partial charge in [0.15, 0.2) is 0 Å². The first-order valence-electron chi connectivity index (χ1n) is 9.42. The Morgan fingerprint density at radius 3 is 2.38 bits per heavy atom. The van der Waals surface area contributed by atoms with E-state index in [1.165, 1.54) is 25.9 Å². The standard InChI is InChI=1S/C20H29N5O/c1-14-12-25(13-14)17-9-7-15(8-10-17)23-11-18(20(22)26)19(21)24-16-5-3-2-4-6-16/h2-6,11,14-15,17,23H,7-10,12-13H2,1H3,(H2,21,24)(H2,22,26)/b18-11+. The van der Waals surface area contributed by atoms with Crippen LogP contribution in [-0.2, 0) is 4.79 Å². The Morgan fingerprint density at radius 1 is 1.15 bits per heavy atom. The molecule has 0 bridgehead atoms. The van der Waals surface area contributed by atoms with Gasteiger partial charge in [-0.2, -0.15) is 0 Å². The van der Waals surface area contributed by atoms with Crippen molar-refractivity contribution in [2.45, 2.75) is 44.7 Å². The minimum Gasteiger partial charge on any atom is -0.387 e. The third-order valence-corrected chi connectivity index (χ3v) is 5.32. The Hall–Kier alpha value is -2.34. The molecule has 26 heavy (non-hydrogen) atoms. The summed E-state index contributed by atoms with van der Waals surface area (Å²) in [7, 11) is 0. The van der Waals surface area contributed by atoms with Crippen LogP contribution in [0.15, 0.2) is 47.1 Å². The summed E-state index contributed by atoms with van der Waals surface area (Å²) >= 11 is 0. The lowest BCUT2D eigenvalue weighted by Crippen LogP contribution is -2.52. The van der Waals surface area contributed by atoms with E-state index < -0.39 is 5.91 Å². The Morgan fingerprint density at radius 2 is 1.81 bits per heavy atom. The van der Waals surface area contributed by atoms with Gasteiger partial charge in [-0.1, -0.05) is 25.1 Å². The zero-order valence-corrected chi connectivity index (χ0v) is 15.4. The molecule has 1 saturated heterocycles. The molecule has 1 aliphatic heterocycles. The number of amidine groups is 1. The molecule has 1 aliphatic carbocycles. The molecule has 5 N–H and O–H groups in total. The quantitative estimate of drug-likeness (QED) is 0.412. The van der Waals surface area contributed by atoms with Crippen molar-refractivity contribution in [1.82, 2.24) is 10.2 Å². The van der Waals surface area contributed by atoms with E-state index in [9.17, 15) is 4.79 Å². The second-order valence-corrected chi connectivity index (χ2v) is 7.49. The van der Waals surface area contributed by atoms with Crippen LogP contribution in [0.4, 0.5) is 5.69 Å². The minimum atomic E-state index is -0.571. The molecule has 2 aliphatic rings. The Labute approximate surface area is 155 Å². The highest BCUT2D eigenvalue weighted by molar-refractivity contribution is 6.20. The molecule has 0 atom stereocenters. The first-order chi connectivity index (χ1) is 12.5. The van der Waals surface area contributed by atoms with Crippen LogP contribution in [0, 0.1) is 5.92 Å². The van der Waals surface area contributed by atoms with Crippen molar-refractivity contribution >= 4 is 17.4 Å². The summed E-state index contributed by atoms with van der Waals surface area (Å²) in [6.07, 6.45) is 6.21. The summed E-state index contributed by atoms with van der Waals surface area (Å²) in [5.41, 5.74) is 12.4. The van der Waals surface area contributed by atoms with Gasteiger partial charge in [0.25, 0.3) is 5.91 Å². The molecule has 1 saturated carbocycles. The number of nitrogens with two attached hydrogens (primary N) is 2. The molecule has 140 valence electrons. The number of nitrogens with one attached hydrogen (secondary N) is 1. The van der Waals surface area contributed by atoms with Gasteiger partial charge in [-0.05, 0) is 43.7 Å². The van der Waals surface area contributed by atoms with Gasteiger partial charge in [-0.25, -0.2) is 4.99 Å². The van der Waals surface area contributed by atoms with Crippen molar-refractivity contribution < 1.29 is 4.79 Å². The van der Waals surface area contributed by atoms with Gasteiger partial charge in [0.1, 0.15) is 5.84 Å². The fraction of sp³-hybridized carbons (Fsp3) is 0.500. The monoisotopic (exact) mass is 355 g/mol. The summed E-state index contributed by atoms with van der Waals surface area (Å²) in [4.78, 5) is 18.6. The third kappa shape index (κ3) is 4.64. The van der Waals surface area contributed by atoms with Crippen molar-refractivity contribution in [2.75, 3.05) is 13.1 Å². The topological polar surface area (TPSA) is 96.7 Å². The molecule has 1 amide bonds.